The number of carbonyl (C=O) groups is 2. The predicted molar refractivity (Wildman–Crippen MR) is 209 cm³/mol. The van der Waals surface area contributed by atoms with Crippen LogP contribution in [0.4, 0.5) is 0 Å². The molecular weight excluding hydrogens is 691 g/mol. The van der Waals surface area contributed by atoms with E-state index in [1.807, 2.05) is 30.3 Å². The van der Waals surface area contributed by atoms with E-state index in [1.54, 1.807) is 4.90 Å². The van der Waals surface area contributed by atoms with Crippen molar-refractivity contribution >= 4 is 11.8 Å². The molecule has 4 atom stereocenters. The Labute approximate surface area is 323 Å². The lowest BCUT2D eigenvalue weighted by molar-refractivity contribution is -0.141. The summed E-state index contributed by atoms with van der Waals surface area (Å²) in [5.74, 6) is 2.78. The lowest BCUT2D eigenvalue weighted by Gasteiger charge is -2.45. The molecular formula is C46H51N3O6. The maximum absolute atomic E-state index is 12.4. The van der Waals surface area contributed by atoms with Crippen molar-refractivity contribution in [1.29, 1.82) is 0 Å². The normalized spacial score (nSPS) is 27.1. The number of aryl methyl sites for hydroxylation is 1. The first-order chi connectivity index (χ1) is 26.9. The van der Waals surface area contributed by atoms with E-state index in [1.165, 1.54) is 35.1 Å². The smallest absolute Gasteiger partial charge is 0.244 e. The first kappa shape index (κ1) is 36.0. The zero-order valence-electron chi connectivity index (χ0n) is 31.3. The number of benzene rings is 4. The average molecular weight is 742 g/mol. The molecule has 9 rings (SSSR count). The second-order valence-electron chi connectivity index (χ2n) is 16.3. The Morgan fingerprint density at radius 3 is 2.31 bits per heavy atom. The summed E-state index contributed by atoms with van der Waals surface area (Å²) in [5.41, 5.74) is 6.98. The Bertz CT molecular complexity index is 2010. The molecule has 4 aromatic rings. The fraction of sp³-hybridized carbons (Fsp3) is 0.435. The molecule has 3 heterocycles. The fourth-order valence-corrected chi connectivity index (χ4v) is 9.91. The van der Waals surface area contributed by atoms with Crippen LogP contribution >= 0.6 is 0 Å². The minimum absolute atomic E-state index is 0.184. The number of rotatable bonds is 10. The van der Waals surface area contributed by atoms with Crippen molar-refractivity contribution in [2.45, 2.75) is 101 Å². The zero-order chi connectivity index (χ0) is 37.5. The molecule has 3 fully saturated rings. The Hall–Kier alpha value is -4.70. The quantitative estimate of drug-likeness (QED) is 0.150. The van der Waals surface area contributed by atoms with Crippen LogP contribution in [-0.4, -0.2) is 69.7 Å². The number of ether oxygens (including phenoxy) is 2. The van der Waals surface area contributed by atoms with Crippen molar-refractivity contribution < 1.29 is 29.3 Å². The molecule has 3 aliphatic heterocycles. The van der Waals surface area contributed by atoms with E-state index in [0.29, 0.717) is 36.6 Å². The van der Waals surface area contributed by atoms with Gasteiger partial charge in [0.1, 0.15) is 29.6 Å². The Morgan fingerprint density at radius 1 is 0.764 bits per heavy atom. The summed E-state index contributed by atoms with van der Waals surface area (Å²) in [5, 5.41) is 23.5. The number of likely N-dealkylation sites (tertiary alicyclic amines) is 1. The molecule has 0 bridgehead atoms. The molecule has 286 valence electrons. The largest absolute Gasteiger partial charge is 0.508 e. The van der Waals surface area contributed by atoms with Gasteiger partial charge in [0.25, 0.3) is 0 Å². The molecule has 5 aliphatic rings. The van der Waals surface area contributed by atoms with Gasteiger partial charge in [-0.05, 0) is 128 Å². The minimum Gasteiger partial charge on any atom is -0.508 e. The van der Waals surface area contributed by atoms with Gasteiger partial charge < -0.3 is 24.6 Å². The molecule has 3 N–H and O–H groups in total. The highest BCUT2D eigenvalue weighted by atomic mass is 16.5. The summed E-state index contributed by atoms with van der Waals surface area (Å²) in [7, 11) is 0. The highest BCUT2D eigenvalue weighted by Gasteiger charge is 2.41. The van der Waals surface area contributed by atoms with Crippen molar-refractivity contribution in [1.82, 2.24) is 15.1 Å². The van der Waals surface area contributed by atoms with Crippen molar-refractivity contribution in [3.05, 3.63) is 124 Å². The van der Waals surface area contributed by atoms with Gasteiger partial charge in [-0.25, -0.2) is 0 Å². The summed E-state index contributed by atoms with van der Waals surface area (Å²) in [6.45, 7) is 3.42. The number of aliphatic hydroxyl groups excluding tert-OH is 1. The number of phenols is 1. The SMILES string of the molecule is O=C1CCC(N2Cc3cc(OC4CC(N5CCC(CCOc6ccc([C@@H]7c8ccc(O)cc8CC[C@@H]7c7ccccc7)cc6)CC5)C4)ccc3C2O)C(=O)N1. The lowest BCUT2D eigenvalue weighted by atomic mass is 9.69. The molecule has 2 amide bonds. The van der Waals surface area contributed by atoms with E-state index in [4.69, 9.17) is 9.47 Å². The second-order valence-corrected chi connectivity index (χ2v) is 16.3. The van der Waals surface area contributed by atoms with Crippen LogP contribution in [0.2, 0.25) is 0 Å². The number of fused-ring (bicyclic) bond motifs is 2. The van der Waals surface area contributed by atoms with Crippen LogP contribution in [-0.2, 0) is 22.6 Å². The third-order valence-corrected chi connectivity index (χ3v) is 13.1. The third kappa shape index (κ3) is 7.50. The zero-order valence-corrected chi connectivity index (χ0v) is 31.3. The van der Waals surface area contributed by atoms with Gasteiger partial charge in [-0.3, -0.25) is 19.8 Å². The van der Waals surface area contributed by atoms with Crippen LogP contribution in [0.25, 0.3) is 0 Å². The molecule has 2 aliphatic carbocycles. The van der Waals surface area contributed by atoms with E-state index in [2.05, 4.69) is 70.9 Å². The van der Waals surface area contributed by atoms with Gasteiger partial charge in [0.05, 0.1) is 12.6 Å². The summed E-state index contributed by atoms with van der Waals surface area (Å²) in [6, 6.07) is 31.3. The van der Waals surface area contributed by atoms with Crippen LogP contribution in [0.3, 0.4) is 0 Å². The average Bonchev–Trinajstić information content (AvgIpc) is 3.51. The van der Waals surface area contributed by atoms with E-state index >= 15 is 0 Å². The number of hydrogen-bond donors (Lipinski definition) is 3. The highest BCUT2D eigenvalue weighted by molar-refractivity contribution is 6.00. The number of aliphatic hydroxyl groups is 1. The lowest BCUT2D eigenvalue weighted by Crippen LogP contribution is -2.51. The Kier molecular flexibility index (Phi) is 10.1. The highest BCUT2D eigenvalue weighted by Crippen LogP contribution is 2.47. The summed E-state index contributed by atoms with van der Waals surface area (Å²) in [4.78, 5) is 28.4. The van der Waals surface area contributed by atoms with Crippen LogP contribution in [0.15, 0.2) is 91.0 Å². The Morgan fingerprint density at radius 2 is 1.53 bits per heavy atom. The van der Waals surface area contributed by atoms with Gasteiger partial charge in [-0.2, -0.15) is 0 Å². The number of amides is 2. The van der Waals surface area contributed by atoms with Crippen molar-refractivity contribution in [3.8, 4) is 17.2 Å². The van der Waals surface area contributed by atoms with Crippen LogP contribution in [0.1, 0.15) is 103 Å². The number of carbonyl (C=O) groups excluding carboxylic acids is 2. The molecule has 1 saturated carbocycles. The molecule has 55 heavy (non-hydrogen) atoms. The van der Waals surface area contributed by atoms with Gasteiger partial charge in [0.2, 0.25) is 11.8 Å². The number of imide groups is 1. The summed E-state index contributed by atoms with van der Waals surface area (Å²) >= 11 is 0. The van der Waals surface area contributed by atoms with Crippen LogP contribution in [0, 0.1) is 5.92 Å². The van der Waals surface area contributed by atoms with Gasteiger partial charge in [-0.15, -0.1) is 0 Å². The molecule has 0 spiro atoms. The first-order valence-corrected chi connectivity index (χ1v) is 20.3. The van der Waals surface area contributed by atoms with E-state index in [0.717, 1.165) is 74.4 Å². The minimum atomic E-state index is -0.862. The molecule has 4 aromatic carbocycles. The molecule has 2 unspecified atom stereocenters. The first-order valence-electron chi connectivity index (χ1n) is 20.3. The second kappa shape index (κ2) is 15.4. The van der Waals surface area contributed by atoms with Crippen molar-refractivity contribution in [2.24, 2.45) is 5.92 Å². The number of nitrogens with one attached hydrogen (secondary N) is 1. The molecule has 2 saturated heterocycles. The monoisotopic (exact) mass is 741 g/mol. The molecule has 9 heteroatoms. The number of piperidine rings is 2. The fourth-order valence-electron chi connectivity index (χ4n) is 9.91. The van der Waals surface area contributed by atoms with Crippen LogP contribution in [0.5, 0.6) is 17.2 Å². The maximum atomic E-state index is 12.4. The molecule has 0 aromatic heterocycles. The van der Waals surface area contributed by atoms with Gasteiger partial charge in [-0.1, -0.05) is 54.6 Å². The van der Waals surface area contributed by atoms with E-state index in [-0.39, 0.29) is 30.3 Å². The van der Waals surface area contributed by atoms with Gasteiger partial charge in [0, 0.05) is 43.3 Å². The number of phenolic OH excluding ortho intramolecular Hbond substituents is 1. The molecule has 0 radical (unpaired) electrons. The third-order valence-electron chi connectivity index (χ3n) is 13.1. The topological polar surface area (TPSA) is 112 Å². The Balaban J connectivity index is 0.720. The number of aromatic hydroxyl groups is 1. The van der Waals surface area contributed by atoms with Crippen molar-refractivity contribution in [2.75, 3.05) is 19.7 Å². The summed E-state index contributed by atoms with van der Waals surface area (Å²) in [6.07, 6.45) is 7.54. The van der Waals surface area contributed by atoms with E-state index in [9.17, 15) is 19.8 Å². The van der Waals surface area contributed by atoms with Gasteiger partial charge in [0.15, 0.2) is 0 Å². The summed E-state index contributed by atoms with van der Waals surface area (Å²) < 4.78 is 12.7. The predicted octanol–water partition coefficient (Wildman–Crippen LogP) is 6.96. The number of nitrogens with zero attached hydrogens (tertiary/aromatic N) is 2. The van der Waals surface area contributed by atoms with Gasteiger partial charge >= 0.3 is 0 Å². The standard InChI is InChI=1S/C46H51N3O6/c50-35-9-14-40-32(24-35)8-13-39(30-4-2-1-3-5-30)44(40)31-6-10-36(11-7-31)54-23-20-29-18-21-48(22-19-29)34-26-38(27-34)55-37-12-15-41-33(25-37)28-49(46(41)53)42-16-17-43(51)47-45(42)52/h1-7,9-12,14-15,24-25,29,34,38-39,42,44,46,50,53H,8,13,16-23,26-28H2,(H,47,51,52)/t34?,38?,39-,42?,44+,46?/m1/s1. The number of hydrogen-bond acceptors (Lipinski definition) is 8. The van der Waals surface area contributed by atoms with Crippen molar-refractivity contribution in [3.63, 3.8) is 0 Å². The van der Waals surface area contributed by atoms with E-state index < -0.39 is 12.3 Å². The maximum Gasteiger partial charge on any atom is 0.244 e. The van der Waals surface area contributed by atoms with Crippen LogP contribution < -0.4 is 14.8 Å². The molecule has 9 nitrogen and oxygen atoms in total.